The van der Waals surface area contributed by atoms with Crippen LogP contribution in [0.3, 0.4) is 0 Å². The highest BCUT2D eigenvalue weighted by molar-refractivity contribution is 6.01. The molecule has 0 spiro atoms. The van der Waals surface area contributed by atoms with Crippen molar-refractivity contribution in [2.24, 2.45) is 0 Å². The van der Waals surface area contributed by atoms with E-state index < -0.39 is 18.8 Å². The third-order valence-electron chi connectivity index (χ3n) is 3.96. The number of nitrogens with zero attached hydrogens (tertiary/aromatic N) is 3. The molecule has 0 radical (unpaired) electrons. The Labute approximate surface area is 151 Å². The van der Waals surface area contributed by atoms with Crippen molar-refractivity contribution in [2.45, 2.75) is 26.2 Å². The molecule has 142 valence electrons. The number of carboxylic acid groups (broad SMARTS) is 1. The molecule has 0 unspecified atom stereocenters. The minimum absolute atomic E-state index is 0.0784. The molecule has 0 bridgehead atoms. The highest BCUT2D eigenvalue weighted by atomic mass is 19.4. The van der Waals surface area contributed by atoms with Gasteiger partial charge < -0.3 is 14.7 Å². The molecule has 2 aromatic heterocycles. The summed E-state index contributed by atoms with van der Waals surface area (Å²) in [5.41, 5.74) is 1.42. The largest absolute Gasteiger partial charge is 0.477 e. The van der Waals surface area contributed by atoms with Gasteiger partial charge in [-0.05, 0) is 24.6 Å². The van der Waals surface area contributed by atoms with Crippen molar-refractivity contribution < 1.29 is 32.6 Å². The number of pyridine rings is 2. The number of aromatic nitrogens is 2. The van der Waals surface area contributed by atoms with Gasteiger partial charge in [0.1, 0.15) is 0 Å². The number of carboxylic acids is 1. The third kappa shape index (κ3) is 3.99. The van der Waals surface area contributed by atoms with Crippen LogP contribution in [0.4, 0.5) is 13.2 Å². The molecule has 3 rings (SSSR count). The number of aromatic carboxylic acids is 1. The molecule has 1 aliphatic heterocycles. The van der Waals surface area contributed by atoms with E-state index in [2.05, 4.69) is 14.7 Å². The zero-order valence-electron chi connectivity index (χ0n) is 14.1. The fourth-order valence-corrected chi connectivity index (χ4v) is 2.83. The first kappa shape index (κ1) is 18.6. The highest BCUT2D eigenvalue weighted by Crippen LogP contribution is 2.27. The van der Waals surface area contributed by atoms with Crippen LogP contribution in [-0.4, -0.2) is 44.6 Å². The molecule has 0 atom stereocenters. The van der Waals surface area contributed by atoms with Crippen molar-refractivity contribution in [3.8, 4) is 5.88 Å². The number of hydrogen-bond donors (Lipinski definition) is 1. The molecule has 0 saturated carbocycles. The molecule has 1 N–H and O–H groups in total. The number of rotatable bonds is 5. The van der Waals surface area contributed by atoms with Crippen molar-refractivity contribution in [1.82, 2.24) is 14.9 Å². The Bertz CT molecular complexity index is 915. The smallest absolute Gasteiger partial charge is 0.422 e. The zero-order chi connectivity index (χ0) is 19.8. The molecule has 0 saturated heterocycles. The van der Waals surface area contributed by atoms with Crippen LogP contribution in [0.25, 0.3) is 0 Å². The number of halogens is 3. The number of carbonyl (C=O) groups excluding carboxylic acids is 1. The average Bonchev–Trinajstić information content (AvgIpc) is 2.89. The van der Waals surface area contributed by atoms with Crippen molar-refractivity contribution in [3.05, 3.63) is 52.5 Å². The summed E-state index contributed by atoms with van der Waals surface area (Å²) in [6, 6.07) is 3.03. The zero-order valence-corrected chi connectivity index (χ0v) is 14.1. The fourth-order valence-electron chi connectivity index (χ4n) is 2.83. The van der Waals surface area contributed by atoms with Crippen LogP contribution in [0, 0.1) is 6.92 Å². The number of ether oxygens (including phenoxy) is 1. The average molecular weight is 381 g/mol. The number of fused-ring (bicyclic) bond motifs is 1. The first-order valence-electron chi connectivity index (χ1n) is 7.81. The van der Waals surface area contributed by atoms with Crippen molar-refractivity contribution in [2.75, 3.05) is 6.61 Å². The minimum Gasteiger partial charge on any atom is -0.477 e. The van der Waals surface area contributed by atoms with Crippen LogP contribution in [0.2, 0.25) is 0 Å². The van der Waals surface area contributed by atoms with Crippen LogP contribution in [0.1, 0.15) is 37.5 Å². The Balaban J connectivity index is 1.75. The quantitative estimate of drug-likeness (QED) is 0.856. The van der Waals surface area contributed by atoms with Gasteiger partial charge in [-0.3, -0.25) is 4.79 Å². The number of carbonyl (C=O) groups is 2. The van der Waals surface area contributed by atoms with Crippen molar-refractivity contribution in [1.29, 1.82) is 0 Å². The van der Waals surface area contributed by atoms with E-state index >= 15 is 0 Å². The lowest BCUT2D eigenvalue weighted by molar-refractivity contribution is -0.154. The first-order valence-corrected chi connectivity index (χ1v) is 7.81. The van der Waals surface area contributed by atoms with Gasteiger partial charge in [0.25, 0.3) is 5.91 Å². The molecule has 1 amide bonds. The van der Waals surface area contributed by atoms with Gasteiger partial charge in [-0.2, -0.15) is 13.2 Å². The lowest BCUT2D eigenvalue weighted by atomic mass is 10.1. The Morgan fingerprint density at radius 1 is 1.37 bits per heavy atom. The predicted octanol–water partition coefficient (Wildman–Crippen LogP) is 2.58. The molecule has 1 aliphatic rings. The Morgan fingerprint density at radius 2 is 2.11 bits per heavy atom. The fraction of sp³-hybridized carbons (Fsp3) is 0.294. The monoisotopic (exact) mass is 381 g/mol. The lowest BCUT2D eigenvalue weighted by Gasteiger charge is -2.17. The second-order valence-corrected chi connectivity index (χ2v) is 6.02. The van der Waals surface area contributed by atoms with E-state index in [0.29, 0.717) is 16.7 Å². The van der Waals surface area contributed by atoms with E-state index in [1.165, 1.54) is 23.4 Å². The minimum atomic E-state index is -4.46. The molecule has 0 fully saturated rings. The molecule has 3 heterocycles. The summed E-state index contributed by atoms with van der Waals surface area (Å²) in [7, 11) is 0. The Kier molecular flexibility index (Phi) is 4.73. The maximum atomic E-state index is 12.5. The van der Waals surface area contributed by atoms with Gasteiger partial charge in [-0.15, -0.1) is 0 Å². The SMILES string of the molecule is Cc1cc(CN2Cc3c(ccnc3C(=O)O)C2=O)cnc1OCC(F)(F)F. The van der Waals surface area contributed by atoms with Gasteiger partial charge in [0.15, 0.2) is 12.3 Å². The molecular formula is C17H14F3N3O4. The number of hydrogen-bond acceptors (Lipinski definition) is 5. The highest BCUT2D eigenvalue weighted by Gasteiger charge is 2.32. The molecule has 7 nitrogen and oxygen atoms in total. The van der Waals surface area contributed by atoms with E-state index in [4.69, 9.17) is 0 Å². The summed E-state index contributed by atoms with van der Waals surface area (Å²) >= 11 is 0. The van der Waals surface area contributed by atoms with E-state index in [9.17, 15) is 27.9 Å². The van der Waals surface area contributed by atoms with Crippen molar-refractivity contribution in [3.63, 3.8) is 0 Å². The number of alkyl halides is 3. The Hall–Kier alpha value is -3.17. The summed E-state index contributed by atoms with van der Waals surface area (Å²) in [5.74, 6) is -1.69. The van der Waals surface area contributed by atoms with Crippen LogP contribution < -0.4 is 4.74 Å². The molecular weight excluding hydrogens is 367 g/mol. The summed E-state index contributed by atoms with van der Waals surface area (Å²) in [4.78, 5) is 32.8. The van der Waals surface area contributed by atoms with Gasteiger partial charge in [-0.1, -0.05) is 0 Å². The normalized spacial score (nSPS) is 13.6. The number of aryl methyl sites for hydroxylation is 1. The van der Waals surface area contributed by atoms with E-state index in [0.717, 1.165) is 0 Å². The molecule has 0 aliphatic carbocycles. The molecule has 10 heteroatoms. The van der Waals surface area contributed by atoms with Crippen molar-refractivity contribution >= 4 is 11.9 Å². The summed E-state index contributed by atoms with van der Waals surface area (Å²) in [6.45, 7) is 0.315. The van der Waals surface area contributed by atoms with E-state index in [-0.39, 0.29) is 36.1 Å². The second kappa shape index (κ2) is 6.86. The topological polar surface area (TPSA) is 92.6 Å². The van der Waals surface area contributed by atoms with Crippen LogP contribution in [0.5, 0.6) is 5.88 Å². The molecule has 0 aromatic carbocycles. The third-order valence-corrected chi connectivity index (χ3v) is 3.96. The Morgan fingerprint density at radius 3 is 2.74 bits per heavy atom. The maximum absolute atomic E-state index is 12.5. The summed E-state index contributed by atoms with van der Waals surface area (Å²) < 4.78 is 41.4. The van der Waals surface area contributed by atoms with Gasteiger partial charge in [0.2, 0.25) is 5.88 Å². The van der Waals surface area contributed by atoms with Crippen LogP contribution >= 0.6 is 0 Å². The maximum Gasteiger partial charge on any atom is 0.422 e. The summed E-state index contributed by atoms with van der Waals surface area (Å²) in [6.07, 6.45) is -1.87. The van der Waals surface area contributed by atoms with E-state index in [1.807, 2.05) is 0 Å². The standard InChI is InChI=1S/C17H14F3N3O4/c1-9-4-10(5-22-14(9)27-8-17(18,19)20)6-23-7-12-11(15(23)24)2-3-21-13(12)16(25)26/h2-5H,6-8H2,1H3,(H,25,26). The predicted molar refractivity (Wildman–Crippen MR) is 85.3 cm³/mol. The summed E-state index contributed by atoms with van der Waals surface area (Å²) in [5, 5.41) is 9.19. The second-order valence-electron chi connectivity index (χ2n) is 6.02. The first-order chi connectivity index (χ1) is 12.7. The lowest BCUT2D eigenvalue weighted by Crippen LogP contribution is -2.23. The molecule has 27 heavy (non-hydrogen) atoms. The van der Waals surface area contributed by atoms with Gasteiger partial charge >= 0.3 is 12.1 Å². The van der Waals surface area contributed by atoms with Gasteiger partial charge in [-0.25, -0.2) is 14.8 Å². The van der Waals surface area contributed by atoms with Gasteiger partial charge in [0.05, 0.1) is 0 Å². The van der Waals surface area contributed by atoms with Crippen LogP contribution in [-0.2, 0) is 13.1 Å². The van der Waals surface area contributed by atoms with Gasteiger partial charge in [0, 0.05) is 42.2 Å². The number of amides is 1. The van der Waals surface area contributed by atoms with E-state index in [1.54, 1.807) is 13.0 Å². The van der Waals surface area contributed by atoms with Crippen LogP contribution in [0.15, 0.2) is 24.5 Å². The molecule has 2 aromatic rings.